The van der Waals surface area contributed by atoms with E-state index in [2.05, 4.69) is 19.9 Å². The van der Waals surface area contributed by atoms with E-state index in [0.29, 0.717) is 5.92 Å². The second-order valence-electron chi connectivity index (χ2n) is 5.15. The predicted octanol–water partition coefficient (Wildman–Crippen LogP) is 3.98. The third kappa shape index (κ3) is 2.74. The quantitative estimate of drug-likeness (QED) is 0.580. The van der Waals surface area contributed by atoms with Crippen LogP contribution < -0.4 is 4.74 Å². The van der Waals surface area contributed by atoms with Crippen molar-refractivity contribution in [1.82, 2.24) is 0 Å². The maximum absolute atomic E-state index is 12.1. The van der Waals surface area contributed by atoms with Crippen LogP contribution in [-0.2, 0) is 11.2 Å². The van der Waals surface area contributed by atoms with E-state index in [0.717, 1.165) is 25.0 Å². The van der Waals surface area contributed by atoms with Gasteiger partial charge in [0.1, 0.15) is 5.75 Å². The molecule has 18 heavy (non-hydrogen) atoms. The number of carbonyl (C=O) groups excluding carboxylic acids is 1. The Kier molecular flexibility index (Phi) is 4.40. The Morgan fingerprint density at radius 2 is 2.11 bits per heavy atom. The number of ether oxygens (including phenoxy) is 1. The molecular formula is C16H22O2. The van der Waals surface area contributed by atoms with Crippen molar-refractivity contribution < 1.29 is 9.53 Å². The Bertz CT molecular complexity index is 411. The highest BCUT2D eigenvalue weighted by Crippen LogP contribution is 2.34. The first kappa shape index (κ1) is 13.1. The number of fused-ring (bicyclic) bond motifs is 1. The van der Waals surface area contributed by atoms with Gasteiger partial charge < -0.3 is 4.74 Å². The van der Waals surface area contributed by atoms with Gasteiger partial charge in [0.2, 0.25) is 0 Å². The van der Waals surface area contributed by atoms with Gasteiger partial charge in [-0.2, -0.15) is 0 Å². The predicted molar refractivity (Wildman–Crippen MR) is 72.6 cm³/mol. The summed E-state index contributed by atoms with van der Waals surface area (Å²) in [6.45, 7) is 4.37. The van der Waals surface area contributed by atoms with Crippen molar-refractivity contribution in [3.8, 4) is 5.75 Å². The molecule has 2 nitrogen and oxygen atoms in total. The summed E-state index contributed by atoms with van der Waals surface area (Å²) >= 11 is 0. The van der Waals surface area contributed by atoms with Gasteiger partial charge in [0, 0.05) is 0 Å². The smallest absolute Gasteiger partial charge is 0.314 e. The second-order valence-corrected chi connectivity index (χ2v) is 5.15. The zero-order chi connectivity index (χ0) is 13.0. The molecule has 0 bridgehead atoms. The first-order chi connectivity index (χ1) is 8.76. The van der Waals surface area contributed by atoms with Crippen molar-refractivity contribution in [2.45, 2.75) is 46.0 Å². The topological polar surface area (TPSA) is 26.3 Å². The van der Waals surface area contributed by atoms with E-state index in [1.54, 1.807) is 0 Å². The summed E-state index contributed by atoms with van der Waals surface area (Å²) in [7, 11) is 0. The molecule has 1 aromatic rings. The number of hydrogen-bond acceptors (Lipinski definition) is 2. The van der Waals surface area contributed by atoms with Gasteiger partial charge in [-0.1, -0.05) is 51.3 Å². The molecule has 2 heteroatoms. The van der Waals surface area contributed by atoms with Crippen LogP contribution in [0.2, 0.25) is 0 Å². The van der Waals surface area contributed by atoms with Gasteiger partial charge >= 0.3 is 5.97 Å². The first-order valence-electron chi connectivity index (χ1n) is 7.05. The van der Waals surface area contributed by atoms with Gasteiger partial charge in [-0.05, 0) is 30.4 Å². The largest absolute Gasteiger partial charge is 0.426 e. The number of rotatable bonds is 5. The van der Waals surface area contributed by atoms with E-state index in [-0.39, 0.29) is 11.9 Å². The Balaban J connectivity index is 2.12. The van der Waals surface area contributed by atoms with Gasteiger partial charge in [0.25, 0.3) is 0 Å². The van der Waals surface area contributed by atoms with E-state index >= 15 is 0 Å². The summed E-state index contributed by atoms with van der Waals surface area (Å²) in [6.07, 6.45) is 5.42. The maximum Gasteiger partial charge on any atom is 0.314 e. The van der Waals surface area contributed by atoms with Crippen LogP contribution in [0.25, 0.3) is 0 Å². The molecule has 1 aliphatic rings. The summed E-state index contributed by atoms with van der Waals surface area (Å²) in [4.78, 5) is 12.1. The molecule has 2 rings (SSSR count). The summed E-state index contributed by atoms with van der Waals surface area (Å²) < 4.78 is 5.47. The number of unbranched alkanes of at least 4 members (excludes halogenated alkanes) is 1. The van der Waals surface area contributed by atoms with Crippen LogP contribution in [-0.4, -0.2) is 5.97 Å². The van der Waals surface area contributed by atoms with E-state index in [1.807, 2.05) is 18.2 Å². The van der Waals surface area contributed by atoms with E-state index in [4.69, 9.17) is 4.74 Å². The molecular weight excluding hydrogens is 224 g/mol. The van der Waals surface area contributed by atoms with Crippen LogP contribution in [0.3, 0.4) is 0 Å². The number of esters is 1. The van der Waals surface area contributed by atoms with Crippen molar-refractivity contribution in [3.05, 3.63) is 29.8 Å². The Morgan fingerprint density at radius 3 is 2.83 bits per heavy atom. The highest BCUT2D eigenvalue weighted by Gasteiger charge is 2.33. The van der Waals surface area contributed by atoms with E-state index < -0.39 is 0 Å². The third-order valence-electron chi connectivity index (χ3n) is 3.95. The minimum atomic E-state index is -0.0309. The van der Waals surface area contributed by atoms with Gasteiger partial charge in [0.15, 0.2) is 0 Å². The van der Waals surface area contributed by atoms with Crippen LogP contribution in [0.5, 0.6) is 5.75 Å². The monoisotopic (exact) mass is 246 g/mol. The van der Waals surface area contributed by atoms with E-state index in [9.17, 15) is 4.79 Å². The molecule has 0 aromatic heterocycles. The van der Waals surface area contributed by atoms with Crippen molar-refractivity contribution in [3.63, 3.8) is 0 Å². The van der Waals surface area contributed by atoms with Crippen LogP contribution in [0.15, 0.2) is 24.3 Å². The van der Waals surface area contributed by atoms with Crippen molar-refractivity contribution in [1.29, 1.82) is 0 Å². The van der Waals surface area contributed by atoms with Crippen LogP contribution in [0.1, 0.15) is 45.1 Å². The second kappa shape index (κ2) is 6.03. The number of carbonyl (C=O) groups is 1. The van der Waals surface area contributed by atoms with Gasteiger partial charge in [0.05, 0.1) is 5.92 Å². The SMILES string of the molecule is CCCCC(CC)C1Cc2ccccc2OC1=O. The fourth-order valence-electron chi connectivity index (χ4n) is 2.79. The Hall–Kier alpha value is -1.31. The van der Waals surface area contributed by atoms with Crippen LogP contribution in [0.4, 0.5) is 0 Å². The fourth-order valence-corrected chi connectivity index (χ4v) is 2.79. The molecule has 1 aromatic carbocycles. The molecule has 98 valence electrons. The van der Waals surface area contributed by atoms with Crippen molar-refractivity contribution in [2.75, 3.05) is 0 Å². The third-order valence-corrected chi connectivity index (χ3v) is 3.95. The molecule has 0 saturated carbocycles. The Labute approximate surface area is 109 Å². The molecule has 0 spiro atoms. The number of hydrogen-bond donors (Lipinski definition) is 0. The lowest BCUT2D eigenvalue weighted by Crippen LogP contribution is -2.33. The van der Waals surface area contributed by atoms with Gasteiger partial charge in [-0.25, -0.2) is 0 Å². The van der Waals surface area contributed by atoms with Crippen LogP contribution >= 0.6 is 0 Å². The average Bonchev–Trinajstić information content (AvgIpc) is 2.40. The van der Waals surface area contributed by atoms with Gasteiger partial charge in [-0.15, -0.1) is 0 Å². The average molecular weight is 246 g/mol. The zero-order valence-corrected chi connectivity index (χ0v) is 11.3. The highest BCUT2D eigenvalue weighted by molar-refractivity contribution is 5.78. The molecule has 0 aliphatic carbocycles. The molecule has 0 radical (unpaired) electrons. The summed E-state index contributed by atoms with van der Waals surface area (Å²) in [5, 5.41) is 0. The number of para-hydroxylation sites is 1. The zero-order valence-electron chi connectivity index (χ0n) is 11.3. The standard InChI is InChI=1S/C16H22O2/c1-3-5-8-12(4-2)14-11-13-9-6-7-10-15(13)18-16(14)17/h6-7,9-10,12,14H,3-5,8,11H2,1-2H3. The van der Waals surface area contributed by atoms with Crippen LogP contribution in [0, 0.1) is 11.8 Å². The fraction of sp³-hybridized carbons (Fsp3) is 0.562. The normalized spacial score (nSPS) is 20.1. The molecule has 2 unspecified atom stereocenters. The minimum absolute atomic E-state index is 0.0309. The first-order valence-corrected chi connectivity index (χ1v) is 7.05. The van der Waals surface area contributed by atoms with E-state index in [1.165, 1.54) is 18.4 Å². The molecule has 0 fully saturated rings. The molecule has 2 atom stereocenters. The minimum Gasteiger partial charge on any atom is -0.426 e. The molecule has 0 saturated heterocycles. The lowest BCUT2D eigenvalue weighted by Gasteiger charge is -2.29. The molecule has 0 amide bonds. The molecule has 1 aliphatic heterocycles. The lowest BCUT2D eigenvalue weighted by molar-refractivity contribution is -0.142. The molecule has 0 N–H and O–H groups in total. The van der Waals surface area contributed by atoms with Gasteiger partial charge in [-0.3, -0.25) is 4.79 Å². The summed E-state index contributed by atoms with van der Waals surface area (Å²) in [5.41, 5.74) is 1.18. The van der Waals surface area contributed by atoms with Crippen molar-refractivity contribution in [2.24, 2.45) is 11.8 Å². The van der Waals surface area contributed by atoms with Crippen molar-refractivity contribution >= 4 is 5.97 Å². The lowest BCUT2D eigenvalue weighted by atomic mass is 9.81. The Morgan fingerprint density at radius 1 is 1.33 bits per heavy atom. The molecule has 1 heterocycles. The summed E-state index contributed by atoms with van der Waals surface area (Å²) in [5.74, 6) is 1.24. The number of benzene rings is 1. The highest BCUT2D eigenvalue weighted by atomic mass is 16.5. The maximum atomic E-state index is 12.1. The summed E-state index contributed by atoms with van der Waals surface area (Å²) in [6, 6.07) is 7.89.